The zero-order chi connectivity index (χ0) is 25.6. The second-order valence-corrected chi connectivity index (χ2v) is 10.9. The van der Waals surface area contributed by atoms with Crippen molar-refractivity contribution in [3.8, 4) is 11.5 Å². The molecule has 2 fully saturated rings. The summed E-state index contributed by atoms with van der Waals surface area (Å²) in [6.07, 6.45) is 5.05. The first-order chi connectivity index (χ1) is 18.1. The number of hydrogen-bond donors (Lipinski definition) is 2. The summed E-state index contributed by atoms with van der Waals surface area (Å²) in [4.78, 5) is 18.5. The first kappa shape index (κ1) is 26.3. The Bertz CT molecular complexity index is 1040. The Morgan fingerprint density at radius 1 is 1.05 bits per heavy atom. The fourth-order valence-corrected chi connectivity index (χ4v) is 6.00. The summed E-state index contributed by atoms with van der Waals surface area (Å²) < 4.78 is 10.9. The predicted octanol–water partition coefficient (Wildman–Crippen LogP) is 3.83. The Labute approximate surface area is 225 Å². The number of rotatable bonds is 10. The van der Waals surface area contributed by atoms with Crippen molar-refractivity contribution < 1.29 is 14.3 Å². The number of hydrogen-bond acceptors (Lipinski definition) is 6. The van der Waals surface area contributed by atoms with Gasteiger partial charge in [0, 0.05) is 36.7 Å². The third-order valence-electron chi connectivity index (χ3n) is 7.87. The number of piperidine rings is 1. The first-order valence-electron chi connectivity index (χ1n) is 13.7. The summed E-state index contributed by atoms with van der Waals surface area (Å²) in [7, 11) is 0. The second kappa shape index (κ2) is 12.5. The molecule has 0 saturated carbocycles. The smallest absolute Gasteiger partial charge is 0.237 e. The van der Waals surface area contributed by atoms with Gasteiger partial charge in [0.25, 0.3) is 0 Å². The Morgan fingerprint density at radius 2 is 1.81 bits per heavy atom. The van der Waals surface area contributed by atoms with Crippen LogP contribution in [0.2, 0.25) is 5.02 Å². The molecule has 2 saturated heterocycles. The number of nitrogens with zero attached hydrogens (tertiary/aromatic N) is 2. The van der Waals surface area contributed by atoms with Crippen LogP contribution in [0.4, 0.5) is 0 Å². The molecule has 0 aliphatic carbocycles. The van der Waals surface area contributed by atoms with Crippen molar-refractivity contribution in [2.45, 2.75) is 63.7 Å². The maximum absolute atomic E-state index is 13.4. The molecule has 3 aliphatic heterocycles. The minimum atomic E-state index is -0.0952. The number of nitrogens with one attached hydrogen (secondary N) is 2. The summed E-state index contributed by atoms with van der Waals surface area (Å²) in [5, 5.41) is 7.69. The van der Waals surface area contributed by atoms with Crippen LogP contribution in [-0.4, -0.2) is 73.3 Å². The lowest BCUT2D eigenvalue weighted by molar-refractivity contribution is -0.126. The first-order valence-corrected chi connectivity index (χ1v) is 14.1. The summed E-state index contributed by atoms with van der Waals surface area (Å²) in [5.41, 5.74) is 2.35. The molecule has 2 atom stereocenters. The third-order valence-corrected chi connectivity index (χ3v) is 8.12. The van der Waals surface area contributed by atoms with Gasteiger partial charge in [0.05, 0.1) is 6.04 Å². The van der Waals surface area contributed by atoms with E-state index < -0.39 is 0 Å². The molecule has 5 rings (SSSR count). The van der Waals surface area contributed by atoms with Crippen LogP contribution in [0.15, 0.2) is 42.5 Å². The van der Waals surface area contributed by atoms with Gasteiger partial charge in [0.1, 0.15) is 0 Å². The summed E-state index contributed by atoms with van der Waals surface area (Å²) in [6, 6.07) is 14.6. The largest absolute Gasteiger partial charge is 0.454 e. The van der Waals surface area contributed by atoms with Crippen LogP contribution in [0.3, 0.4) is 0 Å². The lowest BCUT2D eigenvalue weighted by Gasteiger charge is -2.39. The van der Waals surface area contributed by atoms with Gasteiger partial charge < -0.3 is 25.0 Å². The van der Waals surface area contributed by atoms with E-state index in [0.29, 0.717) is 12.6 Å². The molecule has 1 amide bonds. The molecule has 2 N–H and O–H groups in total. The van der Waals surface area contributed by atoms with Crippen molar-refractivity contribution in [2.75, 3.05) is 39.5 Å². The molecule has 0 radical (unpaired) electrons. The molecule has 0 bridgehead atoms. The van der Waals surface area contributed by atoms with E-state index in [0.717, 1.165) is 73.9 Å². The van der Waals surface area contributed by atoms with Crippen LogP contribution in [-0.2, 0) is 17.8 Å². The van der Waals surface area contributed by atoms with Crippen LogP contribution in [0.1, 0.15) is 43.7 Å². The lowest BCUT2D eigenvalue weighted by atomic mass is 10.0. The molecule has 0 spiro atoms. The average molecular weight is 527 g/mol. The monoisotopic (exact) mass is 526 g/mol. The molecular weight excluding hydrogens is 488 g/mol. The summed E-state index contributed by atoms with van der Waals surface area (Å²) >= 11 is 6.05. The van der Waals surface area contributed by atoms with Crippen LogP contribution < -0.4 is 20.1 Å². The maximum atomic E-state index is 13.4. The number of likely N-dealkylation sites (tertiary alicyclic amines) is 2. The van der Waals surface area contributed by atoms with E-state index in [2.05, 4.69) is 39.5 Å². The highest BCUT2D eigenvalue weighted by Gasteiger charge is 2.40. The SMILES string of the molecule is CCCN1CCC(N2C[C@@H](NCc3ccc(Cl)cc3)C[C@H]2C(=O)NCCc2ccc3c(c2)OCO3)CC1. The molecule has 8 heteroatoms. The molecular formula is C29H39ClN4O3. The molecule has 3 aliphatic rings. The highest BCUT2D eigenvalue weighted by molar-refractivity contribution is 6.30. The average Bonchev–Trinajstić information content (AvgIpc) is 3.56. The number of ether oxygens (including phenoxy) is 2. The van der Waals surface area contributed by atoms with Gasteiger partial charge >= 0.3 is 0 Å². The number of carbonyl (C=O) groups excluding carboxylic acids is 1. The van der Waals surface area contributed by atoms with Crippen molar-refractivity contribution in [1.82, 2.24) is 20.4 Å². The molecule has 0 aromatic heterocycles. The summed E-state index contributed by atoms with van der Waals surface area (Å²) in [5.74, 6) is 1.72. The molecule has 2 aromatic carbocycles. The Morgan fingerprint density at radius 3 is 2.59 bits per heavy atom. The Hall–Kier alpha value is -2.32. The quantitative estimate of drug-likeness (QED) is 0.490. The van der Waals surface area contributed by atoms with Crippen molar-refractivity contribution in [3.63, 3.8) is 0 Å². The maximum Gasteiger partial charge on any atom is 0.237 e. The number of benzene rings is 2. The zero-order valence-corrected chi connectivity index (χ0v) is 22.5. The Balaban J connectivity index is 1.18. The molecule has 37 heavy (non-hydrogen) atoms. The van der Waals surface area contributed by atoms with E-state index in [-0.39, 0.29) is 24.8 Å². The van der Waals surface area contributed by atoms with Crippen LogP contribution in [0.25, 0.3) is 0 Å². The van der Waals surface area contributed by atoms with E-state index >= 15 is 0 Å². The molecule has 7 nitrogen and oxygen atoms in total. The molecule has 0 unspecified atom stereocenters. The molecule has 2 aromatic rings. The zero-order valence-electron chi connectivity index (χ0n) is 21.8. The van der Waals surface area contributed by atoms with Gasteiger partial charge in [-0.25, -0.2) is 0 Å². The fraction of sp³-hybridized carbons (Fsp3) is 0.552. The van der Waals surface area contributed by atoms with Crippen LogP contribution in [0.5, 0.6) is 11.5 Å². The number of amides is 1. The second-order valence-electron chi connectivity index (χ2n) is 10.5. The molecule has 3 heterocycles. The highest BCUT2D eigenvalue weighted by Crippen LogP contribution is 2.32. The van der Waals surface area contributed by atoms with E-state index in [4.69, 9.17) is 21.1 Å². The Kier molecular flexibility index (Phi) is 8.87. The van der Waals surface area contributed by atoms with Gasteiger partial charge in [-0.3, -0.25) is 9.69 Å². The van der Waals surface area contributed by atoms with Crippen molar-refractivity contribution >= 4 is 17.5 Å². The van der Waals surface area contributed by atoms with Crippen molar-refractivity contribution in [1.29, 1.82) is 0 Å². The van der Waals surface area contributed by atoms with E-state index in [1.54, 1.807) is 0 Å². The van der Waals surface area contributed by atoms with Gasteiger partial charge in [-0.05, 0) is 87.1 Å². The number of carbonyl (C=O) groups is 1. The van der Waals surface area contributed by atoms with Gasteiger partial charge in [-0.15, -0.1) is 0 Å². The van der Waals surface area contributed by atoms with E-state index in [9.17, 15) is 4.79 Å². The highest BCUT2D eigenvalue weighted by atomic mass is 35.5. The van der Waals surface area contributed by atoms with E-state index in [1.807, 2.05) is 30.3 Å². The van der Waals surface area contributed by atoms with Gasteiger partial charge in [-0.1, -0.05) is 36.7 Å². The standard InChI is InChI=1S/C29H39ClN4O3/c1-2-13-33-14-10-25(11-15-33)34-19-24(32-18-22-3-6-23(30)7-4-22)17-26(34)29(35)31-12-9-21-5-8-27-28(16-21)37-20-36-27/h3-8,16,24-26,32H,2,9-15,17-20H2,1H3,(H,31,35)/t24-,26-/m0/s1. The van der Waals surface area contributed by atoms with Crippen LogP contribution >= 0.6 is 11.6 Å². The number of halogens is 1. The van der Waals surface area contributed by atoms with Crippen molar-refractivity contribution in [3.05, 3.63) is 58.6 Å². The third kappa shape index (κ3) is 6.77. The van der Waals surface area contributed by atoms with Gasteiger partial charge in [0.2, 0.25) is 12.7 Å². The fourth-order valence-electron chi connectivity index (χ4n) is 5.87. The normalized spacial score (nSPS) is 22.4. The van der Waals surface area contributed by atoms with Gasteiger partial charge in [0.15, 0.2) is 11.5 Å². The topological polar surface area (TPSA) is 66.1 Å². The minimum Gasteiger partial charge on any atom is -0.454 e. The van der Waals surface area contributed by atoms with Crippen LogP contribution in [0, 0.1) is 0 Å². The minimum absolute atomic E-state index is 0.0952. The lowest BCUT2D eigenvalue weighted by Crippen LogP contribution is -2.51. The van der Waals surface area contributed by atoms with Gasteiger partial charge in [-0.2, -0.15) is 0 Å². The van der Waals surface area contributed by atoms with Crippen molar-refractivity contribution in [2.24, 2.45) is 0 Å². The van der Waals surface area contributed by atoms with E-state index in [1.165, 1.54) is 18.5 Å². The predicted molar refractivity (Wildman–Crippen MR) is 146 cm³/mol. The summed E-state index contributed by atoms with van der Waals surface area (Å²) in [6.45, 7) is 8.23. The number of fused-ring (bicyclic) bond motifs is 1. The molecule has 200 valence electrons.